The Balaban J connectivity index is 2.14. The van der Waals surface area contributed by atoms with Crippen molar-refractivity contribution in [1.82, 2.24) is 15.2 Å². The maximum absolute atomic E-state index is 11.8. The number of nitrogens with one attached hydrogen (secondary N) is 2. The van der Waals surface area contributed by atoms with Gasteiger partial charge in [-0.1, -0.05) is 18.5 Å². The summed E-state index contributed by atoms with van der Waals surface area (Å²) in [5, 5.41) is 9.82. The molecule has 0 saturated heterocycles. The fourth-order valence-corrected chi connectivity index (χ4v) is 1.49. The van der Waals surface area contributed by atoms with E-state index in [4.69, 9.17) is 11.6 Å². The number of amides is 1. The van der Waals surface area contributed by atoms with Crippen LogP contribution in [0.2, 0.25) is 5.02 Å². The molecule has 2 aromatic heterocycles. The Morgan fingerprint density at radius 3 is 2.94 bits per heavy atom. The molecule has 6 heteroatoms. The van der Waals surface area contributed by atoms with Gasteiger partial charge in [0.1, 0.15) is 11.5 Å². The lowest BCUT2D eigenvalue weighted by Gasteiger charge is -2.03. The van der Waals surface area contributed by atoms with Crippen molar-refractivity contribution in [2.75, 3.05) is 5.32 Å². The number of aromatic amines is 1. The third-order valence-corrected chi connectivity index (χ3v) is 2.52. The van der Waals surface area contributed by atoms with Crippen molar-refractivity contribution in [2.24, 2.45) is 0 Å². The molecule has 0 aliphatic heterocycles. The van der Waals surface area contributed by atoms with E-state index >= 15 is 0 Å². The summed E-state index contributed by atoms with van der Waals surface area (Å²) >= 11 is 5.70. The number of carbonyl (C=O) groups excluding carboxylic acids is 1. The zero-order valence-corrected chi connectivity index (χ0v) is 9.95. The topological polar surface area (TPSA) is 70.7 Å². The van der Waals surface area contributed by atoms with Gasteiger partial charge in [-0.25, -0.2) is 4.98 Å². The van der Waals surface area contributed by atoms with Gasteiger partial charge in [0, 0.05) is 11.8 Å². The number of hydrogen-bond donors (Lipinski definition) is 2. The van der Waals surface area contributed by atoms with E-state index < -0.39 is 0 Å². The van der Waals surface area contributed by atoms with Gasteiger partial charge in [0.2, 0.25) is 0 Å². The Labute approximate surface area is 103 Å². The number of H-pyrrole nitrogens is 1. The summed E-state index contributed by atoms with van der Waals surface area (Å²) in [6.45, 7) is 1.99. The smallest absolute Gasteiger partial charge is 0.275 e. The summed E-state index contributed by atoms with van der Waals surface area (Å²) in [6.07, 6.45) is 3.91. The first-order valence-corrected chi connectivity index (χ1v) is 5.53. The number of aryl methyl sites for hydroxylation is 1. The maximum atomic E-state index is 11.8. The van der Waals surface area contributed by atoms with E-state index in [-0.39, 0.29) is 5.91 Å². The minimum atomic E-state index is -0.291. The van der Waals surface area contributed by atoms with Gasteiger partial charge in [0.05, 0.1) is 11.2 Å². The van der Waals surface area contributed by atoms with Gasteiger partial charge in [0.15, 0.2) is 0 Å². The zero-order valence-electron chi connectivity index (χ0n) is 9.20. The van der Waals surface area contributed by atoms with Crippen LogP contribution in [-0.2, 0) is 6.42 Å². The van der Waals surface area contributed by atoms with E-state index in [1.807, 2.05) is 6.92 Å². The highest BCUT2D eigenvalue weighted by Gasteiger charge is 2.10. The largest absolute Gasteiger partial charge is 0.305 e. The Bertz CT molecular complexity index is 521. The monoisotopic (exact) mass is 250 g/mol. The predicted octanol–water partition coefficient (Wildman–Crippen LogP) is 2.27. The van der Waals surface area contributed by atoms with E-state index in [0.717, 1.165) is 12.0 Å². The molecule has 0 bridgehead atoms. The van der Waals surface area contributed by atoms with E-state index in [9.17, 15) is 4.79 Å². The fraction of sp³-hybridized carbons (Fsp3) is 0.182. The maximum Gasteiger partial charge on any atom is 0.275 e. The standard InChI is InChI=1S/C11H11ClN4O/c1-2-7-5-14-16-10(7)15-11(17)9-4-3-8(12)6-13-9/h3-6H,2H2,1H3,(H2,14,15,16,17). The van der Waals surface area contributed by atoms with Crippen molar-refractivity contribution in [3.05, 3.63) is 40.8 Å². The Morgan fingerprint density at radius 2 is 2.29 bits per heavy atom. The molecule has 0 radical (unpaired) electrons. The normalized spacial score (nSPS) is 10.2. The molecule has 0 atom stereocenters. The molecule has 2 rings (SSSR count). The molecular formula is C11H11ClN4O. The molecule has 0 unspecified atom stereocenters. The summed E-state index contributed by atoms with van der Waals surface area (Å²) in [7, 11) is 0. The lowest BCUT2D eigenvalue weighted by molar-refractivity contribution is 0.102. The molecule has 1 amide bonds. The van der Waals surface area contributed by atoms with Gasteiger partial charge >= 0.3 is 0 Å². The molecule has 0 aliphatic rings. The van der Waals surface area contributed by atoms with Crippen molar-refractivity contribution in [3.8, 4) is 0 Å². The number of halogens is 1. The van der Waals surface area contributed by atoms with Crippen molar-refractivity contribution in [1.29, 1.82) is 0 Å². The summed E-state index contributed by atoms with van der Waals surface area (Å²) in [6, 6.07) is 3.19. The lowest BCUT2D eigenvalue weighted by atomic mass is 10.2. The number of carbonyl (C=O) groups is 1. The minimum Gasteiger partial charge on any atom is -0.305 e. The molecule has 17 heavy (non-hydrogen) atoms. The summed E-state index contributed by atoms with van der Waals surface area (Å²) in [4.78, 5) is 15.8. The van der Waals surface area contributed by atoms with Crippen LogP contribution in [-0.4, -0.2) is 21.1 Å². The number of rotatable bonds is 3. The van der Waals surface area contributed by atoms with Crippen LogP contribution < -0.4 is 5.32 Å². The number of nitrogens with zero attached hydrogens (tertiary/aromatic N) is 2. The average molecular weight is 251 g/mol. The van der Waals surface area contributed by atoms with Crippen molar-refractivity contribution in [3.63, 3.8) is 0 Å². The highest BCUT2D eigenvalue weighted by molar-refractivity contribution is 6.30. The third-order valence-electron chi connectivity index (χ3n) is 2.30. The second-order valence-corrected chi connectivity index (χ2v) is 3.88. The second kappa shape index (κ2) is 4.97. The van der Waals surface area contributed by atoms with Gasteiger partial charge in [-0.15, -0.1) is 0 Å². The average Bonchev–Trinajstić information content (AvgIpc) is 2.77. The summed E-state index contributed by atoms with van der Waals surface area (Å²) in [5.74, 6) is 0.315. The predicted molar refractivity (Wildman–Crippen MR) is 65.2 cm³/mol. The molecule has 5 nitrogen and oxygen atoms in total. The van der Waals surface area contributed by atoms with E-state index in [2.05, 4.69) is 20.5 Å². The minimum absolute atomic E-state index is 0.291. The SMILES string of the molecule is CCc1cn[nH]c1NC(=O)c1ccc(Cl)cn1. The molecular weight excluding hydrogens is 240 g/mol. The first-order valence-electron chi connectivity index (χ1n) is 5.16. The van der Waals surface area contributed by atoms with Crippen LogP contribution >= 0.6 is 11.6 Å². The van der Waals surface area contributed by atoms with Gasteiger partial charge < -0.3 is 5.32 Å². The van der Waals surface area contributed by atoms with Crippen molar-refractivity contribution >= 4 is 23.3 Å². The molecule has 2 N–H and O–H groups in total. The van der Waals surface area contributed by atoms with Crippen LogP contribution in [0.5, 0.6) is 0 Å². The van der Waals surface area contributed by atoms with Crippen LogP contribution in [0.25, 0.3) is 0 Å². The van der Waals surface area contributed by atoms with Crippen LogP contribution in [0, 0.1) is 0 Å². The Hall–Kier alpha value is -1.88. The summed E-state index contributed by atoms with van der Waals surface area (Å²) in [5.41, 5.74) is 1.26. The lowest BCUT2D eigenvalue weighted by Crippen LogP contribution is -2.14. The summed E-state index contributed by atoms with van der Waals surface area (Å²) < 4.78 is 0. The first kappa shape index (κ1) is 11.6. The quantitative estimate of drug-likeness (QED) is 0.878. The molecule has 0 aliphatic carbocycles. The first-order chi connectivity index (χ1) is 8.20. The molecule has 0 fully saturated rings. The fourth-order valence-electron chi connectivity index (χ4n) is 1.38. The van der Waals surface area contributed by atoms with Crippen molar-refractivity contribution in [2.45, 2.75) is 13.3 Å². The Kier molecular flexibility index (Phi) is 3.39. The van der Waals surface area contributed by atoms with E-state index in [1.165, 1.54) is 6.20 Å². The number of hydrogen-bond acceptors (Lipinski definition) is 3. The second-order valence-electron chi connectivity index (χ2n) is 3.44. The van der Waals surface area contributed by atoms with Gasteiger partial charge in [0.25, 0.3) is 5.91 Å². The zero-order chi connectivity index (χ0) is 12.3. The Morgan fingerprint density at radius 1 is 1.47 bits per heavy atom. The number of anilines is 1. The van der Waals surface area contributed by atoms with Crippen LogP contribution in [0.1, 0.15) is 23.0 Å². The van der Waals surface area contributed by atoms with Gasteiger partial charge in [-0.3, -0.25) is 9.89 Å². The van der Waals surface area contributed by atoms with Gasteiger partial charge in [-0.2, -0.15) is 5.10 Å². The van der Waals surface area contributed by atoms with E-state index in [1.54, 1.807) is 18.3 Å². The van der Waals surface area contributed by atoms with Crippen LogP contribution in [0.15, 0.2) is 24.5 Å². The number of aromatic nitrogens is 3. The van der Waals surface area contributed by atoms with E-state index in [0.29, 0.717) is 16.5 Å². The van der Waals surface area contributed by atoms with Crippen LogP contribution in [0.4, 0.5) is 5.82 Å². The molecule has 0 aromatic carbocycles. The molecule has 0 saturated carbocycles. The highest BCUT2D eigenvalue weighted by atomic mass is 35.5. The van der Waals surface area contributed by atoms with Crippen LogP contribution in [0.3, 0.4) is 0 Å². The molecule has 0 spiro atoms. The van der Waals surface area contributed by atoms with Crippen molar-refractivity contribution < 1.29 is 4.79 Å². The van der Waals surface area contributed by atoms with Gasteiger partial charge in [-0.05, 0) is 18.6 Å². The molecule has 2 heterocycles. The number of pyridine rings is 1. The third kappa shape index (κ3) is 2.62. The molecule has 88 valence electrons. The highest BCUT2D eigenvalue weighted by Crippen LogP contribution is 2.13. The molecule has 2 aromatic rings.